The Hall–Kier alpha value is -3.28. The molecule has 0 saturated carbocycles. The minimum absolute atomic E-state index is 0.272. The largest absolute Gasteiger partial charge is 0.378 e. The van der Waals surface area contributed by atoms with Crippen LogP contribution < -0.4 is 20.9 Å². The molecule has 134 valence electrons. The Morgan fingerprint density at radius 3 is 2.58 bits per heavy atom. The number of benzene rings is 2. The second-order valence-electron chi connectivity index (χ2n) is 6.09. The van der Waals surface area contributed by atoms with Crippen LogP contribution in [0.4, 0.5) is 21.5 Å². The monoisotopic (exact) mass is 351 g/mol. The molecule has 1 heterocycles. The first-order valence-corrected chi connectivity index (χ1v) is 8.27. The lowest BCUT2D eigenvalue weighted by molar-refractivity contribution is 0.626. The van der Waals surface area contributed by atoms with Gasteiger partial charge in [0.2, 0.25) is 0 Å². The summed E-state index contributed by atoms with van der Waals surface area (Å²) >= 11 is 0. The number of rotatable bonds is 6. The lowest BCUT2D eigenvalue weighted by Crippen LogP contribution is -2.35. The second kappa shape index (κ2) is 7.74. The molecular weight excluding hydrogens is 329 g/mol. The van der Waals surface area contributed by atoms with E-state index in [0.717, 1.165) is 28.3 Å². The number of nitrogens with one attached hydrogen (secondary N) is 3. The number of aliphatic imine (C=N–C) groups is 1. The highest BCUT2D eigenvalue weighted by Crippen LogP contribution is 2.23. The van der Waals surface area contributed by atoms with Crippen molar-refractivity contribution in [1.82, 2.24) is 5.32 Å². The minimum Gasteiger partial charge on any atom is -0.378 e. The molecular formula is C20H22FN5. The number of nitrogens with zero attached hydrogens (tertiary/aromatic N) is 2. The zero-order valence-electron chi connectivity index (χ0n) is 14.8. The lowest BCUT2D eigenvalue weighted by Gasteiger charge is -2.24. The molecule has 5 nitrogen and oxygen atoms in total. The highest BCUT2D eigenvalue weighted by molar-refractivity contribution is 5.86. The molecule has 1 unspecified atom stereocenters. The molecule has 1 aliphatic heterocycles. The van der Waals surface area contributed by atoms with Gasteiger partial charge in [-0.25, -0.2) is 9.38 Å². The van der Waals surface area contributed by atoms with E-state index in [1.165, 1.54) is 12.1 Å². The molecule has 3 rings (SSSR count). The maximum atomic E-state index is 13.9. The van der Waals surface area contributed by atoms with Gasteiger partial charge in [-0.2, -0.15) is 0 Å². The van der Waals surface area contributed by atoms with Gasteiger partial charge in [-0.3, -0.25) is 0 Å². The Labute approximate surface area is 152 Å². The molecule has 0 saturated heterocycles. The third-order valence-corrected chi connectivity index (χ3v) is 3.94. The average molecular weight is 351 g/mol. The van der Waals surface area contributed by atoms with E-state index in [4.69, 9.17) is 0 Å². The van der Waals surface area contributed by atoms with Crippen molar-refractivity contribution in [3.05, 3.63) is 72.7 Å². The molecule has 0 fully saturated rings. The predicted octanol–water partition coefficient (Wildman–Crippen LogP) is 3.86. The maximum absolute atomic E-state index is 13.9. The number of halogens is 1. The molecule has 3 N–H and O–H groups in total. The summed E-state index contributed by atoms with van der Waals surface area (Å²) in [4.78, 5) is 6.25. The molecule has 0 radical (unpaired) electrons. The first-order chi connectivity index (χ1) is 12.5. The van der Waals surface area contributed by atoms with Gasteiger partial charge >= 0.3 is 0 Å². The van der Waals surface area contributed by atoms with Crippen molar-refractivity contribution >= 4 is 29.0 Å². The number of hydrogen-bond donors (Lipinski definition) is 3. The molecule has 0 aliphatic carbocycles. The van der Waals surface area contributed by atoms with Gasteiger partial charge in [0.15, 0.2) is 6.29 Å². The summed E-state index contributed by atoms with van der Waals surface area (Å²) < 4.78 is 13.9. The van der Waals surface area contributed by atoms with Crippen LogP contribution in [0, 0.1) is 5.82 Å². The second-order valence-corrected chi connectivity index (χ2v) is 6.09. The molecule has 2 aromatic rings. The standard InChI is InChI=1S/C20H22FN5/c1-4-22-16-5-7-17(8-6-16)24-20-23-10-9-19(25-20)14-11-15(21)13-18(12-14)26(2)3/h4-13,20,22,24-25H,1H2,2-3H3. The fourth-order valence-electron chi connectivity index (χ4n) is 2.62. The number of hydrogen-bond acceptors (Lipinski definition) is 5. The summed E-state index contributed by atoms with van der Waals surface area (Å²) in [7, 11) is 3.77. The highest BCUT2D eigenvalue weighted by atomic mass is 19.1. The molecule has 0 aromatic heterocycles. The highest BCUT2D eigenvalue weighted by Gasteiger charge is 2.14. The smallest absolute Gasteiger partial charge is 0.194 e. The van der Waals surface area contributed by atoms with Crippen LogP contribution >= 0.6 is 0 Å². The number of anilines is 3. The summed E-state index contributed by atoms with van der Waals surface area (Å²) in [6, 6.07) is 12.8. The lowest BCUT2D eigenvalue weighted by atomic mass is 10.1. The Kier molecular flexibility index (Phi) is 5.22. The van der Waals surface area contributed by atoms with Gasteiger partial charge in [0.05, 0.1) is 0 Å². The van der Waals surface area contributed by atoms with Crippen LogP contribution in [-0.4, -0.2) is 26.6 Å². The van der Waals surface area contributed by atoms with Crippen molar-refractivity contribution < 1.29 is 4.39 Å². The van der Waals surface area contributed by atoms with Crippen LogP contribution in [0.2, 0.25) is 0 Å². The Balaban J connectivity index is 1.72. The van der Waals surface area contributed by atoms with E-state index in [1.807, 2.05) is 55.4 Å². The Morgan fingerprint density at radius 1 is 1.15 bits per heavy atom. The van der Waals surface area contributed by atoms with Crippen LogP contribution in [0.5, 0.6) is 0 Å². The van der Waals surface area contributed by atoms with Crippen molar-refractivity contribution in [1.29, 1.82) is 0 Å². The van der Waals surface area contributed by atoms with Crippen LogP contribution in [0.15, 0.2) is 66.3 Å². The molecule has 26 heavy (non-hydrogen) atoms. The average Bonchev–Trinajstić information content (AvgIpc) is 2.63. The van der Waals surface area contributed by atoms with Crippen LogP contribution in [-0.2, 0) is 0 Å². The molecule has 0 bridgehead atoms. The topological polar surface area (TPSA) is 51.7 Å². The normalized spacial score (nSPS) is 15.7. The summed E-state index contributed by atoms with van der Waals surface area (Å²) in [6.07, 6.45) is 4.85. The van der Waals surface area contributed by atoms with Crippen LogP contribution in [0.3, 0.4) is 0 Å². The molecule has 2 aromatic carbocycles. The van der Waals surface area contributed by atoms with E-state index < -0.39 is 0 Å². The quantitative estimate of drug-likeness (QED) is 0.740. The summed E-state index contributed by atoms with van der Waals surface area (Å²) in [5.41, 5.74) is 4.27. The first kappa shape index (κ1) is 17.5. The Morgan fingerprint density at radius 2 is 1.88 bits per heavy atom. The number of allylic oxidation sites excluding steroid dienone is 1. The Bertz CT molecular complexity index is 840. The van der Waals surface area contributed by atoms with E-state index in [-0.39, 0.29) is 12.1 Å². The fourth-order valence-corrected chi connectivity index (χ4v) is 2.62. The van der Waals surface area contributed by atoms with E-state index >= 15 is 0 Å². The molecule has 1 aliphatic rings. The van der Waals surface area contributed by atoms with Crippen molar-refractivity contribution in [2.45, 2.75) is 6.29 Å². The van der Waals surface area contributed by atoms with Gasteiger partial charge in [-0.15, -0.1) is 0 Å². The zero-order chi connectivity index (χ0) is 18.5. The third kappa shape index (κ3) is 4.22. The van der Waals surface area contributed by atoms with E-state index in [2.05, 4.69) is 27.5 Å². The third-order valence-electron chi connectivity index (χ3n) is 3.94. The summed E-state index contributed by atoms with van der Waals surface area (Å²) in [5, 5.41) is 9.61. The van der Waals surface area contributed by atoms with Gasteiger partial charge in [-0.05, 0) is 54.7 Å². The zero-order valence-corrected chi connectivity index (χ0v) is 14.8. The van der Waals surface area contributed by atoms with Gasteiger partial charge in [-0.1, -0.05) is 6.58 Å². The van der Waals surface area contributed by atoms with Crippen molar-refractivity contribution in [2.75, 3.05) is 29.6 Å². The van der Waals surface area contributed by atoms with Gasteiger partial charge in [0, 0.05) is 48.6 Å². The van der Waals surface area contributed by atoms with Gasteiger partial charge in [0.1, 0.15) is 5.82 Å². The molecule has 0 spiro atoms. The maximum Gasteiger partial charge on any atom is 0.194 e. The van der Waals surface area contributed by atoms with Crippen molar-refractivity contribution in [2.24, 2.45) is 4.99 Å². The van der Waals surface area contributed by atoms with Gasteiger partial charge in [0.25, 0.3) is 0 Å². The molecule has 1 atom stereocenters. The van der Waals surface area contributed by atoms with Crippen molar-refractivity contribution in [3.63, 3.8) is 0 Å². The summed E-state index contributed by atoms with van der Waals surface area (Å²) in [6.45, 7) is 3.64. The summed E-state index contributed by atoms with van der Waals surface area (Å²) in [5.74, 6) is -0.272. The van der Waals surface area contributed by atoms with E-state index in [1.54, 1.807) is 12.4 Å². The van der Waals surface area contributed by atoms with Gasteiger partial charge < -0.3 is 20.9 Å². The SMILES string of the molecule is C=CNc1ccc(NC2N=CC=C(c3cc(F)cc(N(C)C)c3)N2)cc1. The first-order valence-electron chi connectivity index (χ1n) is 8.27. The van der Waals surface area contributed by atoms with Crippen LogP contribution in [0.1, 0.15) is 5.56 Å². The fraction of sp³-hybridized carbons (Fsp3) is 0.150. The molecule has 6 heteroatoms. The van der Waals surface area contributed by atoms with E-state index in [0.29, 0.717) is 0 Å². The van der Waals surface area contributed by atoms with Crippen LogP contribution in [0.25, 0.3) is 5.70 Å². The van der Waals surface area contributed by atoms with E-state index in [9.17, 15) is 4.39 Å². The minimum atomic E-state index is -0.334. The predicted molar refractivity (Wildman–Crippen MR) is 108 cm³/mol. The van der Waals surface area contributed by atoms with Crippen molar-refractivity contribution in [3.8, 4) is 0 Å². The molecule has 0 amide bonds.